The lowest BCUT2D eigenvalue weighted by atomic mass is 9.68. The van der Waals surface area contributed by atoms with E-state index in [1.54, 1.807) is 0 Å². The van der Waals surface area contributed by atoms with E-state index in [1.165, 1.54) is 82.4 Å². The van der Waals surface area contributed by atoms with Gasteiger partial charge in [0, 0.05) is 22.8 Å². The molecular weight excluding hydrogens is 617 g/mol. The molecule has 0 fully saturated rings. The minimum absolute atomic E-state index is 0.219. The molecule has 0 N–H and O–H groups in total. The lowest BCUT2D eigenvalue weighted by molar-refractivity contribution is 0.487. The van der Waals surface area contributed by atoms with Crippen molar-refractivity contribution in [1.82, 2.24) is 0 Å². The van der Waals surface area contributed by atoms with Crippen LogP contribution in [-0.4, -0.2) is 0 Å². The maximum Gasteiger partial charge on any atom is 0.135 e. The molecule has 0 aromatic heterocycles. The van der Waals surface area contributed by atoms with Crippen LogP contribution >= 0.6 is 0 Å². The molecule has 3 aliphatic rings. The highest BCUT2D eigenvalue weighted by Gasteiger charge is 2.33. The van der Waals surface area contributed by atoms with E-state index in [1.807, 2.05) is 0 Å². The van der Waals surface area contributed by atoms with Gasteiger partial charge >= 0.3 is 0 Å². The Morgan fingerprint density at radius 2 is 1.08 bits per heavy atom. The average Bonchev–Trinajstić information content (AvgIpc) is 3.20. The van der Waals surface area contributed by atoms with Crippen molar-refractivity contribution in [3.63, 3.8) is 0 Å². The van der Waals surface area contributed by atoms with Crippen LogP contribution in [0, 0.1) is 5.92 Å². The first-order chi connectivity index (χ1) is 25.3. The lowest BCUT2D eigenvalue weighted by Gasteiger charge is -2.35. The molecule has 238 valence electrons. The maximum atomic E-state index is 6.49. The van der Waals surface area contributed by atoms with Crippen LogP contribution in [0.25, 0.3) is 77.3 Å². The second-order valence-electron chi connectivity index (χ2n) is 14.0. The van der Waals surface area contributed by atoms with Crippen molar-refractivity contribution in [3.8, 4) is 44.9 Å². The van der Waals surface area contributed by atoms with E-state index in [0.717, 1.165) is 17.1 Å². The molecule has 0 saturated carbocycles. The van der Waals surface area contributed by atoms with Crippen LogP contribution in [-0.2, 0) is 0 Å². The van der Waals surface area contributed by atoms with Gasteiger partial charge in [-0.05, 0) is 119 Å². The van der Waals surface area contributed by atoms with Crippen LogP contribution in [0.4, 0.5) is 0 Å². The Bertz CT molecular complexity index is 2830. The number of hydrogen-bond donors (Lipinski definition) is 0. The number of benzene rings is 8. The van der Waals surface area contributed by atoms with Crippen molar-refractivity contribution in [2.45, 2.75) is 5.92 Å². The largest absolute Gasteiger partial charge is 0.456 e. The zero-order chi connectivity index (χ0) is 33.5. The van der Waals surface area contributed by atoms with Crippen LogP contribution < -0.4 is 4.74 Å². The predicted molar refractivity (Wildman–Crippen MR) is 214 cm³/mol. The monoisotopic (exact) mass is 648 g/mol. The highest BCUT2D eigenvalue weighted by atomic mass is 16.5. The van der Waals surface area contributed by atoms with Gasteiger partial charge in [-0.3, -0.25) is 0 Å². The summed E-state index contributed by atoms with van der Waals surface area (Å²) < 4.78 is 6.49. The van der Waals surface area contributed by atoms with E-state index in [9.17, 15) is 0 Å². The second-order valence-corrected chi connectivity index (χ2v) is 14.0. The van der Waals surface area contributed by atoms with Gasteiger partial charge in [0.15, 0.2) is 0 Å². The van der Waals surface area contributed by atoms with Crippen LogP contribution in [0.1, 0.15) is 22.6 Å². The topological polar surface area (TPSA) is 9.23 Å². The molecule has 8 aromatic rings. The first kappa shape index (κ1) is 28.4. The molecule has 11 rings (SSSR count). The fourth-order valence-electron chi connectivity index (χ4n) is 8.92. The minimum atomic E-state index is 0.219. The predicted octanol–water partition coefficient (Wildman–Crippen LogP) is 13.6. The van der Waals surface area contributed by atoms with E-state index >= 15 is 0 Å². The SMILES string of the molecule is C1=CC2C(c3cc(-c4ccccc4)cc(-c4ccc5c(c4)-c4cccc6cccc(c46)O5)c3)=Cc3c(c4ccccc4c4ccccc34)C2C=C1. The molecule has 2 atom stereocenters. The van der Waals surface area contributed by atoms with Crippen LogP contribution in [0.3, 0.4) is 0 Å². The van der Waals surface area contributed by atoms with E-state index in [0.29, 0.717) is 0 Å². The number of fused-ring (bicyclic) bond motifs is 10. The number of allylic oxidation sites excluding steroid dienone is 5. The quantitative estimate of drug-likeness (QED) is 0.173. The summed E-state index contributed by atoms with van der Waals surface area (Å²) in [5.74, 6) is 2.28. The first-order valence-electron chi connectivity index (χ1n) is 17.8. The van der Waals surface area contributed by atoms with Gasteiger partial charge in [0.05, 0.1) is 0 Å². The van der Waals surface area contributed by atoms with Gasteiger partial charge in [0.25, 0.3) is 0 Å². The van der Waals surface area contributed by atoms with Crippen LogP contribution in [0.2, 0.25) is 0 Å². The number of hydrogen-bond acceptors (Lipinski definition) is 1. The van der Waals surface area contributed by atoms with Gasteiger partial charge in [-0.2, -0.15) is 0 Å². The summed E-state index contributed by atoms with van der Waals surface area (Å²) in [6.45, 7) is 0. The zero-order valence-electron chi connectivity index (χ0n) is 27.9. The van der Waals surface area contributed by atoms with Crippen LogP contribution in [0.15, 0.2) is 176 Å². The molecule has 2 aliphatic carbocycles. The van der Waals surface area contributed by atoms with Crippen molar-refractivity contribution in [3.05, 3.63) is 193 Å². The summed E-state index contributed by atoms with van der Waals surface area (Å²) in [6, 6.07) is 55.4. The summed E-state index contributed by atoms with van der Waals surface area (Å²) in [6.07, 6.45) is 11.8. The third-order valence-corrected chi connectivity index (χ3v) is 11.2. The van der Waals surface area contributed by atoms with Gasteiger partial charge < -0.3 is 4.74 Å². The van der Waals surface area contributed by atoms with Gasteiger partial charge in [0.2, 0.25) is 0 Å². The third kappa shape index (κ3) is 4.35. The van der Waals surface area contributed by atoms with E-state index in [4.69, 9.17) is 4.74 Å². The molecule has 1 heteroatoms. The fraction of sp³-hybridized carbons (Fsp3) is 0.0400. The third-order valence-electron chi connectivity index (χ3n) is 11.2. The van der Waals surface area contributed by atoms with Gasteiger partial charge in [-0.1, -0.05) is 140 Å². The van der Waals surface area contributed by atoms with Crippen molar-refractivity contribution < 1.29 is 4.74 Å². The normalized spacial score (nSPS) is 16.7. The molecule has 0 radical (unpaired) electrons. The summed E-state index contributed by atoms with van der Waals surface area (Å²) in [7, 11) is 0. The Morgan fingerprint density at radius 3 is 1.90 bits per heavy atom. The molecule has 0 bridgehead atoms. The van der Waals surface area contributed by atoms with E-state index < -0.39 is 0 Å². The van der Waals surface area contributed by atoms with Crippen molar-refractivity contribution in [2.75, 3.05) is 0 Å². The Balaban J connectivity index is 1.15. The average molecular weight is 649 g/mol. The smallest absolute Gasteiger partial charge is 0.135 e. The van der Waals surface area contributed by atoms with Crippen molar-refractivity contribution in [1.29, 1.82) is 0 Å². The molecule has 0 saturated heterocycles. The van der Waals surface area contributed by atoms with Gasteiger partial charge in [-0.25, -0.2) is 0 Å². The standard InChI is InChI=1S/C50H32O/c1-2-12-31(13-3-1)34-26-35(33-24-25-47-45(29-33)43-22-10-14-32-15-11-23-48(51-47)49(32)43)28-36(27-34)44-30-46-39-18-5-4-16-37(39)38-17-6-8-20-41(38)50(46)42-21-9-7-19-40(42)44/h1-30,40,42H. The summed E-state index contributed by atoms with van der Waals surface area (Å²) in [4.78, 5) is 0. The van der Waals surface area contributed by atoms with Crippen molar-refractivity contribution in [2.24, 2.45) is 5.92 Å². The highest BCUT2D eigenvalue weighted by Crippen LogP contribution is 2.52. The Hall–Kier alpha value is -6.44. The Kier molecular flexibility index (Phi) is 6.15. The van der Waals surface area contributed by atoms with Gasteiger partial charge in [-0.15, -0.1) is 0 Å². The molecule has 2 unspecified atom stereocenters. The summed E-state index contributed by atoms with van der Waals surface area (Å²) in [5.41, 5.74) is 12.5. The van der Waals surface area contributed by atoms with E-state index in [2.05, 4.69) is 182 Å². The molecule has 8 aromatic carbocycles. The lowest BCUT2D eigenvalue weighted by Crippen LogP contribution is -2.18. The highest BCUT2D eigenvalue weighted by molar-refractivity contribution is 6.15. The Labute approximate surface area is 297 Å². The van der Waals surface area contributed by atoms with Crippen molar-refractivity contribution >= 4 is 44.0 Å². The fourth-order valence-corrected chi connectivity index (χ4v) is 8.92. The second kappa shape index (κ2) is 11.0. The first-order valence-corrected chi connectivity index (χ1v) is 17.8. The maximum absolute atomic E-state index is 6.49. The Morgan fingerprint density at radius 1 is 0.412 bits per heavy atom. The van der Waals surface area contributed by atoms with E-state index in [-0.39, 0.29) is 11.8 Å². The van der Waals surface area contributed by atoms with Gasteiger partial charge in [0.1, 0.15) is 11.5 Å². The molecule has 51 heavy (non-hydrogen) atoms. The molecular formula is C50H32O. The molecule has 1 heterocycles. The molecule has 1 nitrogen and oxygen atoms in total. The molecule has 1 aliphatic heterocycles. The molecule has 0 spiro atoms. The minimum Gasteiger partial charge on any atom is -0.456 e. The number of ether oxygens (including phenoxy) is 1. The number of rotatable bonds is 3. The summed E-state index contributed by atoms with van der Waals surface area (Å²) in [5, 5.41) is 7.67. The summed E-state index contributed by atoms with van der Waals surface area (Å²) >= 11 is 0. The van der Waals surface area contributed by atoms with Crippen LogP contribution in [0.5, 0.6) is 11.5 Å². The zero-order valence-corrected chi connectivity index (χ0v) is 27.9. The molecule has 0 amide bonds.